The lowest BCUT2D eigenvalue weighted by Gasteiger charge is -2.61. The van der Waals surface area contributed by atoms with E-state index in [1.165, 1.54) is 14.1 Å². The first-order chi connectivity index (χ1) is 33.5. The normalized spacial score (nSPS) is 18.6. The van der Waals surface area contributed by atoms with Crippen LogP contribution in [0.15, 0.2) is 65.7 Å². The number of carboxylic acids is 2. The number of carbonyl (C=O) groups excluding carboxylic acids is 8. The van der Waals surface area contributed by atoms with Crippen molar-refractivity contribution in [2.24, 2.45) is 16.1 Å². The molecule has 2 fully saturated rings. The van der Waals surface area contributed by atoms with Gasteiger partial charge >= 0.3 is 11.9 Å². The Morgan fingerprint density at radius 2 is 1.33 bits per heavy atom. The number of nitrogens with zero attached hydrogens (tertiary/aromatic N) is 2. The van der Waals surface area contributed by atoms with Gasteiger partial charge in [-0.1, -0.05) is 92.8 Å². The van der Waals surface area contributed by atoms with E-state index in [-0.39, 0.29) is 57.5 Å². The Bertz CT molecular complexity index is 2160. The Morgan fingerprint density at radius 3 is 1.89 bits per heavy atom. The monoisotopic (exact) mass is 972 g/mol. The Kier molecular flexibility index (Phi) is 21.8. The lowest BCUT2D eigenvalue weighted by Crippen LogP contribution is -2.81. The van der Waals surface area contributed by atoms with Crippen molar-refractivity contribution >= 4 is 65.4 Å². The molecule has 20 heteroatoms. The zero-order chi connectivity index (χ0) is 51.3. The van der Waals surface area contributed by atoms with E-state index < -0.39 is 120 Å². The molecule has 2 saturated carbocycles. The van der Waals surface area contributed by atoms with Gasteiger partial charge in [-0.2, -0.15) is 0 Å². The van der Waals surface area contributed by atoms with E-state index in [1.807, 2.05) is 0 Å². The summed E-state index contributed by atoms with van der Waals surface area (Å²) in [5.41, 5.74) is 0.308. The zero-order valence-corrected chi connectivity index (χ0v) is 40.0. The van der Waals surface area contributed by atoms with Crippen LogP contribution in [0.4, 0.5) is 0 Å². The summed E-state index contributed by atoms with van der Waals surface area (Å²) < 4.78 is 0. The van der Waals surface area contributed by atoms with Crippen LogP contribution in [-0.4, -0.2) is 150 Å². The number of rotatable bonds is 29. The van der Waals surface area contributed by atoms with Crippen LogP contribution in [0, 0.1) is 5.41 Å². The van der Waals surface area contributed by atoms with Crippen LogP contribution < -0.4 is 32.3 Å². The molecule has 2 aliphatic carbocycles. The van der Waals surface area contributed by atoms with Crippen LogP contribution in [0.25, 0.3) is 0 Å². The first-order valence-corrected chi connectivity index (χ1v) is 23.8. The van der Waals surface area contributed by atoms with Crippen molar-refractivity contribution in [2.75, 3.05) is 40.3 Å². The molecule has 70 heavy (non-hydrogen) atoms. The quantitative estimate of drug-likeness (QED) is 0.0319. The fourth-order valence-electron chi connectivity index (χ4n) is 10.1. The summed E-state index contributed by atoms with van der Waals surface area (Å²) in [6.45, 7) is -2.13. The zero-order valence-electron chi connectivity index (χ0n) is 40.0. The molecule has 0 heterocycles. The molecule has 0 spiro atoms. The average molecular weight is 973 g/mol. The van der Waals surface area contributed by atoms with Gasteiger partial charge in [0.25, 0.3) is 5.91 Å². The Morgan fingerprint density at radius 1 is 0.757 bits per heavy atom. The van der Waals surface area contributed by atoms with E-state index in [9.17, 15) is 39.0 Å². The number of ketones is 3. The van der Waals surface area contributed by atoms with Crippen LogP contribution in [0.1, 0.15) is 94.6 Å². The van der Waals surface area contributed by atoms with Crippen molar-refractivity contribution in [3.8, 4) is 0 Å². The van der Waals surface area contributed by atoms with Crippen LogP contribution in [0.5, 0.6) is 0 Å². The summed E-state index contributed by atoms with van der Waals surface area (Å²) >= 11 is 0. The predicted octanol–water partition coefficient (Wildman–Crippen LogP) is 0.861. The molecule has 0 bridgehead atoms. The van der Waals surface area contributed by atoms with Gasteiger partial charge in [-0.15, -0.1) is 0 Å². The van der Waals surface area contributed by atoms with Gasteiger partial charge in [0, 0.05) is 24.3 Å². The highest BCUT2D eigenvalue weighted by atomic mass is 16.4. The van der Waals surface area contributed by atoms with Crippen molar-refractivity contribution in [1.82, 2.24) is 31.5 Å². The van der Waals surface area contributed by atoms with Crippen LogP contribution in [-0.2, 0) is 60.8 Å². The van der Waals surface area contributed by atoms with Crippen molar-refractivity contribution in [3.05, 3.63) is 71.8 Å². The van der Waals surface area contributed by atoms with Gasteiger partial charge < -0.3 is 47.4 Å². The minimum Gasteiger partial charge on any atom is -0.481 e. The number of aliphatic carboxylic acids is 2. The number of aldehydes is 1. The minimum absolute atomic E-state index is 0.0502. The molecule has 2 aromatic rings. The highest BCUT2D eigenvalue weighted by Crippen LogP contribution is 2.55. The van der Waals surface area contributed by atoms with Gasteiger partial charge in [-0.25, -0.2) is 4.99 Å². The largest absolute Gasteiger partial charge is 0.481 e. The van der Waals surface area contributed by atoms with Crippen LogP contribution in [0.2, 0.25) is 0 Å². The van der Waals surface area contributed by atoms with E-state index in [4.69, 9.17) is 5.73 Å². The number of hydrogen-bond acceptors (Lipinski definition) is 14. The summed E-state index contributed by atoms with van der Waals surface area (Å²) in [6, 6.07) is 13.8. The molecule has 1 unspecified atom stereocenters. The van der Waals surface area contributed by atoms with Gasteiger partial charge in [-0.05, 0) is 76.6 Å². The second-order valence-electron chi connectivity index (χ2n) is 18.2. The number of carboxylic acid groups (broad SMARTS) is 2. The third kappa shape index (κ3) is 14.4. The third-order valence-corrected chi connectivity index (χ3v) is 13.3. The number of amides is 4. The van der Waals surface area contributed by atoms with Gasteiger partial charge in [0.15, 0.2) is 17.9 Å². The second-order valence-corrected chi connectivity index (χ2v) is 18.2. The number of Topliss-reactive ketones (excluding diaryl/α,β-unsaturated/α-hetero) is 3. The molecule has 2 aliphatic rings. The van der Waals surface area contributed by atoms with Crippen molar-refractivity contribution in [1.29, 1.82) is 0 Å². The lowest BCUT2D eigenvalue weighted by molar-refractivity contribution is -0.181. The lowest BCUT2D eigenvalue weighted by atomic mass is 9.52. The molecule has 9 N–H and O–H groups in total. The average Bonchev–Trinajstić information content (AvgIpc) is 3.35. The second kappa shape index (κ2) is 27.2. The van der Waals surface area contributed by atoms with Crippen LogP contribution >= 0.6 is 0 Å². The molecule has 0 aliphatic heterocycles. The first kappa shape index (κ1) is 56.2. The maximum atomic E-state index is 16.2. The van der Waals surface area contributed by atoms with E-state index in [0.29, 0.717) is 28.7 Å². The SMILES string of the molecule is CNCC(=O)N=CC(=O)[C@@](C=O)(C(=O)[C@H](CCC(=O)O)NC(=O)CNC1CCCCC1)N(C(=O)CNC(=O)CNC)C1(C(=O)[C@@H](N)CCC(=O)O)CCCCC1(Cc1ccccc1)Cc1ccccc1. The number of likely N-dealkylation sites (N-methyl/N-ethyl adjacent to an activating group) is 2. The van der Waals surface area contributed by atoms with E-state index in [2.05, 4.69) is 31.6 Å². The Labute approximate surface area is 407 Å². The molecule has 4 amide bonds. The molecule has 0 saturated heterocycles. The van der Waals surface area contributed by atoms with Gasteiger partial charge in [0.05, 0.1) is 44.5 Å². The molecule has 380 valence electrons. The van der Waals surface area contributed by atoms with E-state index >= 15 is 19.2 Å². The fourth-order valence-corrected chi connectivity index (χ4v) is 10.1. The summed E-state index contributed by atoms with van der Waals surface area (Å²) in [4.78, 5) is 147. The summed E-state index contributed by atoms with van der Waals surface area (Å²) in [6.07, 6.45) is 2.07. The first-order valence-electron chi connectivity index (χ1n) is 23.8. The standard InChI is InChI=1S/C50H68N8O12/c1-52-29-40(61)55-28-39(60)49(33-59,47(70)38(21-23-45(67)68)57-42(63)31-54-36-18-10-5-11-19-36)58(43(64)32-56-41(62)30-53-2)50(46(69)37(51)20-22-44(65)66)25-13-12-24-48(50,26-34-14-6-3-7-15-34)27-35-16-8-4-9-17-35/h3-4,6-9,14-17,28,33,36-38,52-54H,5,10-13,18-27,29-32,51H2,1-2H3,(H,56,62)(H,57,63)(H,65,66)(H,67,68)/t37-,38-,49-,50?/m0/s1. The Balaban J connectivity index is 2.20. The minimum atomic E-state index is -3.56. The molecule has 4 atom stereocenters. The number of carbonyl (C=O) groups is 10. The molecule has 20 nitrogen and oxygen atoms in total. The molecular formula is C50H68N8O12. The summed E-state index contributed by atoms with van der Waals surface area (Å²) in [5, 5.41) is 33.1. The summed E-state index contributed by atoms with van der Waals surface area (Å²) in [5.74, 6) is -10.7. The predicted molar refractivity (Wildman–Crippen MR) is 257 cm³/mol. The number of nitrogens with one attached hydrogen (secondary N) is 5. The van der Waals surface area contributed by atoms with Gasteiger partial charge in [0.1, 0.15) is 5.54 Å². The molecular weight excluding hydrogens is 905 g/mol. The Hall–Kier alpha value is -6.35. The van der Waals surface area contributed by atoms with E-state index in [1.54, 1.807) is 60.7 Å². The summed E-state index contributed by atoms with van der Waals surface area (Å²) in [7, 11) is 2.88. The third-order valence-electron chi connectivity index (χ3n) is 13.3. The number of nitrogens with two attached hydrogens (primary N) is 1. The van der Waals surface area contributed by atoms with E-state index in [0.717, 1.165) is 32.1 Å². The maximum Gasteiger partial charge on any atom is 0.303 e. The molecule has 4 rings (SSSR count). The fraction of sp³-hybridized carbons (Fsp3) is 0.540. The molecule has 2 aromatic carbocycles. The maximum absolute atomic E-state index is 16.2. The van der Waals surface area contributed by atoms with Crippen molar-refractivity contribution < 1.29 is 58.2 Å². The molecule has 0 aromatic heterocycles. The number of hydrogen-bond donors (Lipinski definition) is 8. The smallest absolute Gasteiger partial charge is 0.303 e. The highest BCUT2D eigenvalue weighted by Gasteiger charge is 2.69. The van der Waals surface area contributed by atoms with Gasteiger partial charge in [-0.3, -0.25) is 47.9 Å². The highest BCUT2D eigenvalue weighted by molar-refractivity contribution is 6.46. The number of aliphatic imine (C=N–C) groups is 1. The van der Waals surface area contributed by atoms with Gasteiger partial charge in [0.2, 0.25) is 29.0 Å². The van der Waals surface area contributed by atoms with Crippen molar-refractivity contribution in [3.63, 3.8) is 0 Å². The number of benzene rings is 2. The molecule has 0 radical (unpaired) electrons. The topological polar surface area (TPSA) is 313 Å². The van der Waals surface area contributed by atoms with Crippen molar-refractivity contribution in [2.45, 2.75) is 126 Å². The van der Waals surface area contributed by atoms with Crippen LogP contribution in [0.3, 0.4) is 0 Å².